The van der Waals surface area contributed by atoms with Crippen molar-refractivity contribution in [3.8, 4) is 5.75 Å². The van der Waals surface area contributed by atoms with Crippen LogP contribution in [0.1, 0.15) is 38.1 Å². The Morgan fingerprint density at radius 1 is 1.12 bits per heavy atom. The summed E-state index contributed by atoms with van der Waals surface area (Å²) >= 11 is 0. The van der Waals surface area contributed by atoms with Crippen LogP contribution in [-0.4, -0.2) is 51.5 Å². The number of carbonyl (C=O) groups is 3. The molecule has 0 bridgehead atoms. The molecular weight excluding hydrogens is 344 g/mol. The summed E-state index contributed by atoms with van der Waals surface area (Å²) < 4.78 is 5.48. The van der Waals surface area contributed by atoms with Gasteiger partial charge in [-0.2, -0.15) is 0 Å². The number of rotatable bonds is 7. The van der Waals surface area contributed by atoms with Gasteiger partial charge in [0.25, 0.3) is 11.8 Å². The molecule has 0 aromatic heterocycles. The highest BCUT2D eigenvalue weighted by Crippen LogP contribution is 2.25. The molecule has 0 fully saturated rings. The van der Waals surface area contributed by atoms with Crippen molar-refractivity contribution < 1.29 is 34.5 Å². The molecule has 1 rings (SSSR count). The summed E-state index contributed by atoms with van der Waals surface area (Å²) in [7, 11) is 0. The molecule has 144 valence electrons. The third-order valence-electron chi connectivity index (χ3n) is 3.54. The van der Waals surface area contributed by atoms with Crippen molar-refractivity contribution in [1.29, 1.82) is 0 Å². The smallest absolute Gasteiger partial charge is 0.345 e. The average molecular weight is 368 g/mol. The van der Waals surface area contributed by atoms with Crippen molar-refractivity contribution in [3.05, 3.63) is 29.8 Å². The van der Waals surface area contributed by atoms with E-state index in [1.807, 2.05) is 0 Å². The highest BCUT2D eigenvalue weighted by Gasteiger charge is 2.33. The molecule has 9 heteroatoms. The minimum Gasteiger partial charge on any atom is -0.478 e. The minimum atomic E-state index is -1.33. The van der Waals surface area contributed by atoms with Crippen molar-refractivity contribution in [1.82, 2.24) is 10.8 Å². The standard InChI is InChI=1S/C17H24N2O7/c1-9(20)12(15(22)19-25)18-14(21)10-5-7-11(8-6-10)26-13(16(23)24)17(2,3)4/h5-9,12-13,20,25H,1-4H3,(H,18,21)(H,19,22)(H,23,24)/t9-,12+,13?/m1/s1. The van der Waals surface area contributed by atoms with Crippen molar-refractivity contribution in [2.75, 3.05) is 0 Å². The first kappa shape index (κ1) is 21.4. The fourth-order valence-electron chi connectivity index (χ4n) is 2.12. The van der Waals surface area contributed by atoms with E-state index < -0.39 is 41.4 Å². The number of aliphatic hydroxyl groups excluding tert-OH is 1. The maximum Gasteiger partial charge on any atom is 0.345 e. The lowest BCUT2D eigenvalue weighted by molar-refractivity contribution is -0.150. The predicted molar refractivity (Wildman–Crippen MR) is 90.8 cm³/mol. The summed E-state index contributed by atoms with van der Waals surface area (Å²) in [6.45, 7) is 6.48. The zero-order valence-corrected chi connectivity index (χ0v) is 15.0. The second-order valence-electron chi connectivity index (χ2n) is 6.89. The molecular formula is C17H24N2O7. The van der Waals surface area contributed by atoms with E-state index in [4.69, 9.17) is 9.94 Å². The van der Waals surface area contributed by atoms with Crippen molar-refractivity contribution in [2.45, 2.75) is 45.9 Å². The molecule has 0 aliphatic carbocycles. The fraction of sp³-hybridized carbons (Fsp3) is 0.471. The van der Waals surface area contributed by atoms with Crippen LogP contribution in [0, 0.1) is 5.41 Å². The molecule has 0 saturated carbocycles. The number of amides is 2. The Kier molecular flexibility index (Phi) is 7.10. The van der Waals surface area contributed by atoms with Crippen molar-refractivity contribution >= 4 is 17.8 Å². The first-order valence-corrected chi connectivity index (χ1v) is 7.89. The highest BCUT2D eigenvalue weighted by atomic mass is 16.5. The molecule has 0 aliphatic rings. The van der Waals surface area contributed by atoms with Crippen LogP contribution in [0.5, 0.6) is 5.75 Å². The van der Waals surface area contributed by atoms with Gasteiger partial charge in [0, 0.05) is 11.0 Å². The Morgan fingerprint density at radius 2 is 1.65 bits per heavy atom. The second kappa shape index (κ2) is 8.63. The Morgan fingerprint density at radius 3 is 2.04 bits per heavy atom. The van der Waals surface area contributed by atoms with E-state index in [1.165, 1.54) is 36.7 Å². The number of hydroxylamine groups is 1. The molecule has 0 saturated heterocycles. The summed E-state index contributed by atoms with van der Waals surface area (Å²) in [4.78, 5) is 34.9. The van der Waals surface area contributed by atoms with E-state index in [0.29, 0.717) is 0 Å². The number of carboxylic acid groups (broad SMARTS) is 1. The average Bonchev–Trinajstić information content (AvgIpc) is 2.55. The Balaban J connectivity index is 2.88. The SMILES string of the molecule is C[C@@H](O)[C@H](NC(=O)c1ccc(OC(C(=O)O)C(C)(C)C)cc1)C(=O)NO. The Hall–Kier alpha value is -2.65. The number of aliphatic hydroxyl groups is 1. The van der Waals surface area contributed by atoms with Gasteiger partial charge >= 0.3 is 5.97 Å². The monoisotopic (exact) mass is 368 g/mol. The number of aliphatic carboxylic acids is 1. The molecule has 3 atom stereocenters. The van der Waals surface area contributed by atoms with E-state index in [2.05, 4.69) is 5.32 Å². The molecule has 0 aliphatic heterocycles. The van der Waals surface area contributed by atoms with Gasteiger partial charge in [0.1, 0.15) is 11.8 Å². The summed E-state index contributed by atoms with van der Waals surface area (Å²) in [5, 5.41) is 29.7. The molecule has 0 heterocycles. The fourth-order valence-corrected chi connectivity index (χ4v) is 2.12. The van der Waals surface area contributed by atoms with Crippen LogP contribution in [0.2, 0.25) is 0 Å². The molecule has 0 radical (unpaired) electrons. The maximum absolute atomic E-state index is 12.2. The van der Waals surface area contributed by atoms with Crippen LogP contribution in [0.15, 0.2) is 24.3 Å². The summed E-state index contributed by atoms with van der Waals surface area (Å²) in [6.07, 6.45) is -2.30. The predicted octanol–water partition coefficient (Wildman–Crippen LogP) is 0.549. The molecule has 2 amide bonds. The first-order chi connectivity index (χ1) is 12.0. The first-order valence-electron chi connectivity index (χ1n) is 7.89. The number of hydrogen-bond acceptors (Lipinski definition) is 6. The molecule has 1 aromatic carbocycles. The van der Waals surface area contributed by atoms with Crippen LogP contribution in [0.25, 0.3) is 0 Å². The van der Waals surface area contributed by atoms with E-state index >= 15 is 0 Å². The van der Waals surface area contributed by atoms with Gasteiger partial charge in [-0.05, 0) is 31.2 Å². The van der Waals surface area contributed by atoms with Gasteiger partial charge < -0.3 is 20.3 Å². The molecule has 0 spiro atoms. The molecule has 26 heavy (non-hydrogen) atoms. The zero-order valence-electron chi connectivity index (χ0n) is 15.0. The van der Waals surface area contributed by atoms with Crippen LogP contribution in [-0.2, 0) is 9.59 Å². The number of carboxylic acids is 1. The van der Waals surface area contributed by atoms with Gasteiger partial charge in [-0.15, -0.1) is 0 Å². The number of benzene rings is 1. The van der Waals surface area contributed by atoms with Gasteiger partial charge in [-0.25, -0.2) is 10.3 Å². The lowest BCUT2D eigenvalue weighted by atomic mass is 9.89. The van der Waals surface area contributed by atoms with Gasteiger partial charge in [-0.3, -0.25) is 14.8 Å². The summed E-state index contributed by atoms with van der Waals surface area (Å²) in [6, 6.07) is 4.31. The number of hydrogen-bond donors (Lipinski definition) is 5. The summed E-state index contributed by atoms with van der Waals surface area (Å²) in [5.41, 5.74) is 0.898. The van der Waals surface area contributed by atoms with Gasteiger partial charge in [0.2, 0.25) is 0 Å². The zero-order chi connectivity index (χ0) is 20.1. The molecule has 5 N–H and O–H groups in total. The van der Waals surface area contributed by atoms with Crippen LogP contribution in [0.3, 0.4) is 0 Å². The topological polar surface area (TPSA) is 145 Å². The van der Waals surface area contributed by atoms with E-state index in [9.17, 15) is 24.6 Å². The Bertz CT molecular complexity index is 650. The third-order valence-corrected chi connectivity index (χ3v) is 3.54. The van der Waals surface area contributed by atoms with Crippen LogP contribution in [0.4, 0.5) is 0 Å². The van der Waals surface area contributed by atoms with E-state index in [0.717, 1.165) is 0 Å². The summed E-state index contributed by atoms with van der Waals surface area (Å²) in [5.74, 6) is -2.45. The van der Waals surface area contributed by atoms with Crippen LogP contribution >= 0.6 is 0 Å². The third kappa shape index (κ3) is 5.71. The minimum absolute atomic E-state index is 0.163. The lowest BCUT2D eigenvalue weighted by Crippen LogP contribution is -2.51. The molecule has 1 unspecified atom stereocenters. The molecule has 9 nitrogen and oxygen atoms in total. The van der Waals surface area contributed by atoms with Gasteiger partial charge in [0.15, 0.2) is 6.10 Å². The lowest BCUT2D eigenvalue weighted by Gasteiger charge is -2.27. The van der Waals surface area contributed by atoms with Crippen molar-refractivity contribution in [2.24, 2.45) is 5.41 Å². The van der Waals surface area contributed by atoms with Gasteiger partial charge in [0.05, 0.1) is 6.10 Å². The van der Waals surface area contributed by atoms with E-state index in [1.54, 1.807) is 20.8 Å². The second-order valence-corrected chi connectivity index (χ2v) is 6.89. The number of ether oxygens (including phenoxy) is 1. The number of carbonyl (C=O) groups excluding carboxylic acids is 2. The molecule has 1 aromatic rings. The van der Waals surface area contributed by atoms with Crippen LogP contribution < -0.4 is 15.5 Å². The number of nitrogens with one attached hydrogen (secondary N) is 2. The normalized spacial score (nSPS) is 14.7. The van der Waals surface area contributed by atoms with Gasteiger partial charge in [-0.1, -0.05) is 20.8 Å². The van der Waals surface area contributed by atoms with Crippen molar-refractivity contribution in [3.63, 3.8) is 0 Å². The van der Waals surface area contributed by atoms with E-state index in [-0.39, 0.29) is 11.3 Å². The quantitative estimate of drug-likeness (QED) is 0.349. The highest BCUT2D eigenvalue weighted by molar-refractivity contribution is 5.97. The Labute approximate surface area is 150 Å². The largest absolute Gasteiger partial charge is 0.478 e. The maximum atomic E-state index is 12.2.